The number of hydrogen-bond donors (Lipinski definition) is 0. The first-order chi connectivity index (χ1) is 10.8. The van der Waals surface area contributed by atoms with Crippen molar-refractivity contribution in [1.82, 2.24) is 4.90 Å². The Morgan fingerprint density at radius 3 is 2.95 bits per heavy atom. The van der Waals surface area contributed by atoms with Crippen molar-refractivity contribution in [1.29, 1.82) is 0 Å². The highest BCUT2D eigenvalue weighted by Gasteiger charge is 2.33. The lowest BCUT2D eigenvalue weighted by molar-refractivity contribution is -0.0185. The fraction of sp³-hybridized carbons (Fsp3) is 0.667. The topological polar surface area (TPSA) is 21.7 Å². The summed E-state index contributed by atoms with van der Waals surface area (Å²) in [5.41, 5.74) is 1.84. The van der Waals surface area contributed by atoms with Crippen LogP contribution in [-0.2, 0) is 17.9 Å². The van der Waals surface area contributed by atoms with Gasteiger partial charge in [0.2, 0.25) is 0 Å². The molecular weight excluding hydrogens is 281 g/mol. The van der Waals surface area contributed by atoms with E-state index in [1.54, 1.807) is 6.07 Å². The number of hydrogen-bond acceptors (Lipinski definition) is 3. The first kappa shape index (κ1) is 14.5. The fourth-order valence-corrected chi connectivity index (χ4v) is 4.52. The summed E-state index contributed by atoms with van der Waals surface area (Å²) < 4.78 is 24.9. The van der Waals surface area contributed by atoms with E-state index in [-0.39, 0.29) is 12.6 Å². The van der Waals surface area contributed by atoms with Gasteiger partial charge in [-0.3, -0.25) is 4.90 Å². The summed E-state index contributed by atoms with van der Waals surface area (Å²) in [5, 5.41) is 0. The standard InChI is InChI=1S/C18H24FNO2/c19-16-8-14(18-15(9-16)11-21-12-22-18)10-20-7-3-5-13-4-1-2-6-17(13)20/h8-9,13,17H,1-7,10-12H2/t13-,17-/m0/s1. The fourth-order valence-electron chi connectivity index (χ4n) is 4.52. The third-order valence-electron chi connectivity index (χ3n) is 5.48. The molecule has 0 radical (unpaired) electrons. The SMILES string of the molecule is Fc1cc2c(c(CN3CCC[C@@H]4CCCC[C@@H]43)c1)OCOC2. The van der Waals surface area contributed by atoms with E-state index in [4.69, 9.17) is 9.47 Å². The second-order valence-corrected chi connectivity index (χ2v) is 6.89. The molecule has 3 nitrogen and oxygen atoms in total. The molecule has 0 unspecified atom stereocenters. The van der Waals surface area contributed by atoms with Crippen molar-refractivity contribution in [3.8, 4) is 5.75 Å². The molecule has 1 aliphatic carbocycles. The average molecular weight is 305 g/mol. The number of rotatable bonds is 2. The van der Waals surface area contributed by atoms with Gasteiger partial charge in [-0.25, -0.2) is 4.39 Å². The lowest BCUT2D eigenvalue weighted by Gasteiger charge is -2.44. The molecule has 120 valence electrons. The quantitative estimate of drug-likeness (QED) is 0.828. The second kappa shape index (κ2) is 6.17. The van der Waals surface area contributed by atoms with Crippen molar-refractivity contribution in [3.05, 3.63) is 29.1 Å². The Morgan fingerprint density at radius 1 is 1.14 bits per heavy atom. The van der Waals surface area contributed by atoms with Crippen LogP contribution in [0, 0.1) is 11.7 Å². The maximum absolute atomic E-state index is 13.9. The molecule has 4 heteroatoms. The van der Waals surface area contributed by atoms with Crippen molar-refractivity contribution in [3.63, 3.8) is 0 Å². The maximum Gasteiger partial charge on any atom is 0.189 e. The predicted molar refractivity (Wildman–Crippen MR) is 82.1 cm³/mol. The second-order valence-electron chi connectivity index (χ2n) is 6.89. The molecule has 0 aromatic heterocycles. The number of nitrogens with zero attached hydrogens (tertiary/aromatic N) is 1. The predicted octanol–water partition coefficient (Wildman–Crippen LogP) is 3.85. The van der Waals surface area contributed by atoms with Crippen molar-refractivity contribution in [2.45, 2.75) is 57.7 Å². The summed E-state index contributed by atoms with van der Waals surface area (Å²) in [6.07, 6.45) is 8.02. The number of fused-ring (bicyclic) bond motifs is 2. The molecule has 3 aliphatic rings. The highest BCUT2D eigenvalue weighted by atomic mass is 19.1. The Hall–Kier alpha value is -1.13. The smallest absolute Gasteiger partial charge is 0.189 e. The number of ether oxygens (including phenoxy) is 2. The molecule has 0 N–H and O–H groups in total. The summed E-state index contributed by atoms with van der Waals surface area (Å²) >= 11 is 0. The van der Waals surface area contributed by atoms with Crippen molar-refractivity contribution in [2.75, 3.05) is 13.3 Å². The Labute approximate surface area is 131 Å². The van der Waals surface area contributed by atoms with Gasteiger partial charge in [0.25, 0.3) is 0 Å². The van der Waals surface area contributed by atoms with Gasteiger partial charge in [-0.15, -0.1) is 0 Å². The molecule has 0 spiro atoms. The number of halogens is 1. The molecule has 2 atom stereocenters. The van der Waals surface area contributed by atoms with Crippen LogP contribution in [-0.4, -0.2) is 24.3 Å². The van der Waals surface area contributed by atoms with Crippen LogP contribution >= 0.6 is 0 Å². The molecule has 1 saturated heterocycles. The Morgan fingerprint density at radius 2 is 2.00 bits per heavy atom. The Kier molecular flexibility index (Phi) is 4.05. The number of benzene rings is 1. The van der Waals surface area contributed by atoms with Crippen LogP contribution in [0.3, 0.4) is 0 Å². The van der Waals surface area contributed by atoms with Gasteiger partial charge in [0.05, 0.1) is 6.61 Å². The molecule has 4 rings (SSSR count). The van der Waals surface area contributed by atoms with E-state index in [2.05, 4.69) is 4.90 Å². The third-order valence-corrected chi connectivity index (χ3v) is 5.48. The highest BCUT2D eigenvalue weighted by molar-refractivity contribution is 5.42. The van der Waals surface area contributed by atoms with Crippen LogP contribution in [0.15, 0.2) is 12.1 Å². The van der Waals surface area contributed by atoms with Crippen molar-refractivity contribution < 1.29 is 13.9 Å². The maximum atomic E-state index is 13.9. The normalized spacial score (nSPS) is 28.6. The van der Waals surface area contributed by atoms with Gasteiger partial charge in [-0.2, -0.15) is 0 Å². The van der Waals surface area contributed by atoms with Crippen LogP contribution in [0.1, 0.15) is 49.7 Å². The molecule has 2 aliphatic heterocycles. The van der Waals surface area contributed by atoms with Crippen LogP contribution in [0.2, 0.25) is 0 Å². The lowest BCUT2D eigenvalue weighted by atomic mass is 9.78. The molecule has 2 heterocycles. The van der Waals surface area contributed by atoms with Gasteiger partial charge < -0.3 is 9.47 Å². The largest absolute Gasteiger partial charge is 0.467 e. The van der Waals surface area contributed by atoms with E-state index in [1.165, 1.54) is 44.6 Å². The summed E-state index contributed by atoms with van der Waals surface area (Å²) in [6.45, 7) is 2.66. The number of likely N-dealkylation sites (tertiary alicyclic amines) is 1. The number of piperidine rings is 1. The molecule has 0 amide bonds. The first-order valence-electron chi connectivity index (χ1n) is 8.57. The van der Waals surface area contributed by atoms with E-state index in [9.17, 15) is 4.39 Å². The minimum atomic E-state index is -0.181. The van der Waals surface area contributed by atoms with Crippen molar-refractivity contribution in [2.24, 2.45) is 5.92 Å². The van der Waals surface area contributed by atoms with Crippen LogP contribution in [0.5, 0.6) is 5.75 Å². The van der Waals surface area contributed by atoms with Gasteiger partial charge in [0, 0.05) is 23.7 Å². The zero-order valence-corrected chi connectivity index (χ0v) is 13.0. The third kappa shape index (κ3) is 2.74. The first-order valence-corrected chi connectivity index (χ1v) is 8.57. The Bertz CT molecular complexity index is 546. The van der Waals surface area contributed by atoms with E-state index in [1.807, 2.05) is 0 Å². The highest BCUT2D eigenvalue weighted by Crippen LogP contribution is 2.38. The van der Waals surface area contributed by atoms with Gasteiger partial charge in [-0.1, -0.05) is 12.8 Å². The average Bonchev–Trinajstić information content (AvgIpc) is 2.55. The molecule has 1 aromatic carbocycles. The van der Waals surface area contributed by atoms with Gasteiger partial charge in [0.15, 0.2) is 6.79 Å². The summed E-state index contributed by atoms with van der Waals surface area (Å²) in [6, 6.07) is 3.87. The minimum Gasteiger partial charge on any atom is -0.467 e. The van der Waals surface area contributed by atoms with Crippen molar-refractivity contribution >= 4 is 0 Å². The van der Waals surface area contributed by atoms with Gasteiger partial charge in [-0.05, 0) is 50.3 Å². The summed E-state index contributed by atoms with van der Waals surface area (Å²) in [4.78, 5) is 2.57. The molecule has 22 heavy (non-hydrogen) atoms. The molecule has 2 fully saturated rings. The molecular formula is C18H24FNO2. The van der Waals surface area contributed by atoms with Gasteiger partial charge in [0.1, 0.15) is 11.6 Å². The van der Waals surface area contributed by atoms with E-state index in [0.29, 0.717) is 12.6 Å². The molecule has 0 bridgehead atoms. The van der Waals surface area contributed by atoms with E-state index >= 15 is 0 Å². The van der Waals surface area contributed by atoms with Crippen LogP contribution in [0.4, 0.5) is 4.39 Å². The summed E-state index contributed by atoms with van der Waals surface area (Å²) in [5.74, 6) is 1.52. The summed E-state index contributed by atoms with van der Waals surface area (Å²) in [7, 11) is 0. The zero-order valence-electron chi connectivity index (χ0n) is 13.0. The van der Waals surface area contributed by atoms with E-state index in [0.717, 1.165) is 35.9 Å². The minimum absolute atomic E-state index is 0.181. The molecule has 1 aromatic rings. The zero-order chi connectivity index (χ0) is 14.9. The van der Waals surface area contributed by atoms with E-state index < -0.39 is 0 Å². The van der Waals surface area contributed by atoms with Crippen LogP contribution in [0.25, 0.3) is 0 Å². The van der Waals surface area contributed by atoms with Gasteiger partial charge >= 0.3 is 0 Å². The van der Waals surface area contributed by atoms with Crippen LogP contribution < -0.4 is 4.74 Å². The monoisotopic (exact) mass is 305 g/mol. The Balaban J connectivity index is 1.58. The molecule has 1 saturated carbocycles. The lowest BCUT2D eigenvalue weighted by Crippen LogP contribution is -2.46.